The molecule has 1 atom stereocenters. The van der Waals surface area contributed by atoms with Crippen LogP contribution >= 0.6 is 0 Å². The topological polar surface area (TPSA) is 105 Å². The number of urea groups is 1. The maximum Gasteiger partial charge on any atom is 0.321 e. The van der Waals surface area contributed by atoms with Crippen LogP contribution in [0, 0.1) is 5.92 Å². The summed E-state index contributed by atoms with van der Waals surface area (Å²) in [6.45, 7) is 1.68. The van der Waals surface area contributed by atoms with Crippen LogP contribution in [0.25, 0.3) is 0 Å². The van der Waals surface area contributed by atoms with Crippen molar-refractivity contribution in [3.63, 3.8) is 0 Å². The maximum absolute atomic E-state index is 12.4. The minimum absolute atomic E-state index is 0.0423. The number of aryl methyl sites for hydroxylation is 1. The third kappa shape index (κ3) is 5.34. The zero-order valence-electron chi connectivity index (χ0n) is 16.6. The predicted octanol–water partition coefficient (Wildman–Crippen LogP) is 1.91. The second-order valence-electron chi connectivity index (χ2n) is 7.50. The lowest BCUT2D eigenvalue weighted by Gasteiger charge is -2.19. The SMILES string of the molecule is CCc1ccccc1N1C[C@H](C(=O)OCC(=O)NC(=O)NC2CCCC2)CC1=O. The smallest absolute Gasteiger partial charge is 0.321 e. The standard InChI is InChI=1S/C21H27N3O5/c1-2-14-7-3-6-10-17(14)24-12-15(11-19(24)26)20(27)29-13-18(25)23-21(28)22-16-8-4-5-9-16/h3,6-7,10,15-16H,2,4-5,8-9,11-13H2,1H3,(H2,22,23,25,28)/t15-/m1/s1. The summed E-state index contributed by atoms with van der Waals surface area (Å²) in [7, 11) is 0. The average Bonchev–Trinajstić information content (AvgIpc) is 3.35. The number of rotatable bonds is 6. The first-order valence-electron chi connectivity index (χ1n) is 10.1. The molecule has 1 saturated carbocycles. The quantitative estimate of drug-likeness (QED) is 0.709. The third-order valence-electron chi connectivity index (χ3n) is 5.41. The number of para-hydroxylation sites is 1. The molecule has 1 aromatic carbocycles. The van der Waals surface area contributed by atoms with Gasteiger partial charge in [0.1, 0.15) is 0 Å². The number of hydrogen-bond donors (Lipinski definition) is 2. The van der Waals surface area contributed by atoms with Crippen LogP contribution in [0.15, 0.2) is 24.3 Å². The van der Waals surface area contributed by atoms with E-state index in [-0.39, 0.29) is 24.9 Å². The molecule has 0 spiro atoms. The van der Waals surface area contributed by atoms with E-state index in [1.165, 1.54) is 0 Å². The maximum atomic E-state index is 12.4. The minimum atomic E-state index is -0.689. The van der Waals surface area contributed by atoms with Crippen LogP contribution in [0.2, 0.25) is 0 Å². The van der Waals surface area contributed by atoms with Gasteiger partial charge in [-0.2, -0.15) is 0 Å². The van der Waals surface area contributed by atoms with Crippen LogP contribution in [-0.4, -0.2) is 43.0 Å². The number of carbonyl (C=O) groups is 4. The van der Waals surface area contributed by atoms with E-state index in [4.69, 9.17) is 4.74 Å². The van der Waals surface area contributed by atoms with Crippen LogP contribution in [0.1, 0.15) is 44.6 Å². The van der Waals surface area contributed by atoms with Gasteiger partial charge < -0.3 is 15.0 Å². The Morgan fingerprint density at radius 1 is 1.17 bits per heavy atom. The van der Waals surface area contributed by atoms with Gasteiger partial charge >= 0.3 is 12.0 Å². The molecule has 1 aromatic rings. The molecule has 0 bridgehead atoms. The molecule has 8 nitrogen and oxygen atoms in total. The molecule has 2 fully saturated rings. The number of nitrogens with one attached hydrogen (secondary N) is 2. The molecule has 156 valence electrons. The number of imide groups is 1. The molecular weight excluding hydrogens is 374 g/mol. The molecular formula is C21H27N3O5. The highest BCUT2D eigenvalue weighted by Gasteiger charge is 2.37. The van der Waals surface area contributed by atoms with Crippen molar-refractivity contribution in [2.24, 2.45) is 5.92 Å². The van der Waals surface area contributed by atoms with Gasteiger partial charge in [0.2, 0.25) is 5.91 Å². The Labute approximate surface area is 170 Å². The molecule has 1 heterocycles. The fourth-order valence-corrected chi connectivity index (χ4v) is 3.88. The first-order valence-corrected chi connectivity index (χ1v) is 10.1. The van der Waals surface area contributed by atoms with Gasteiger partial charge in [-0.1, -0.05) is 38.0 Å². The molecule has 4 amide bonds. The highest BCUT2D eigenvalue weighted by molar-refractivity contribution is 6.00. The number of carbonyl (C=O) groups excluding carboxylic acids is 4. The molecule has 2 aliphatic rings. The van der Waals surface area contributed by atoms with Crippen LogP contribution < -0.4 is 15.5 Å². The Bertz CT molecular complexity index is 788. The zero-order valence-corrected chi connectivity index (χ0v) is 16.6. The zero-order chi connectivity index (χ0) is 20.8. The van der Waals surface area contributed by atoms with Crippen LogP contribution in [0.4, 0.5) is 10.5 Å². The molecule has 2 N–H and O–H groups in total. The molecule has 0 unspecified atom stereocenters. The summed E-state index contributed by atoms with van der Waals surface area (Å²) in [4.78, 5) is 49.9. The monoisotopic (exact) mass is 401 g/mol. The van der Waals surface area contributed by atoms with Gasteiger partial charge in [0, 0.05) is 24.7 Å². The lowest BCUT2D eigenvalue weighted by molar-refractivity contribution is -0.152. The van der Waals surface area contributed by atoms with Gasteiger partial charge in [-0.05, 0) is 30.9 Å². The molecule has 1 saturated heterocycles. The fraction of sp³-hybridized carbons (Fsp3) is 0.524. The summed E-state index contributed by atoms with van der Waals surface area (Å²) in [5, 5.41) is 4.90. The summed E-state index contributed by atoms with van der Waals surface area (Å²) in [6.07, 6.45) is 4.76. The van der Waals surface area contributed by atoms with Gasteiger partial charge in [0.15, 0.2) is 6.61 Å². The molecule has 0 radical (unpaired) electrons. The normalized spacial score (nSPS) is 19.3. The van der Waals surface area contributed by atoms with Gasteiger partial charge in [-0.15, -0.1) is 0 Å². The number of benzene rings is 1. The Morgan fingerprint density at radius 2 is 1.90 bits per heavy atom. The van der Waals surface area contributed by atoms with Gasteiger partial charge in [0.25, 0.3) is 5.91 Å². The van der Waals surface area contributed by atoms with Crippen LogP contribution in [0.5, 0.6) is 0 Å². The van der Waals surface area contributed by atoms with E-state index in [9.17, 15) is 19.2 Å². The number of nitrogens with zero attached hydrogens (tertiary/aromatic N) is 1. The van der Waals surface area contributed by atoms with Crippen molar-refractivity contribution >= 4 is 29.5 Å². The molecule has 8 heteroatoms. The second kappa shape index (κ2) is 9.54. The average molecular weight is 401 g/mol. The van der Waals surface area contributed by atoms with Crippen molar-refractivity contribution in [1.82, 2.24) is 10.6 Å². The minimum Gasteiger partial charge on any atom is -0.455 e. The summed E-state index contributed by atoms with van der Waals surface area (Å²) in [5.41, 5.74) is 1.83. The van der Waals surface area contributed by atoms with Crippen LogP contribution in [0.3, 0.4) is 0 Å². The summed E-state index contributed by atoms with van der Waals surface area (Å²) < 4.78 is 5.04. The summed E-state index contributed by atoms with van der Waals surface area (Å²) in [5.74, 6) is -2.08. The van der Waals surface area contributed by atoms with E-state index < -0.39 is 30.4 Å². The fourth-order valence-electron chi connectivity index (χ4n) is 3.88. The van der Waals surface area contributed by atoms with Gasteiger partial charge in [0.05, 0.1) is 5.92 Å². The second-order valence-corrected chi connectivity index (χ2v) is 7.50. The molecule has 3 rings (SSSR count). The van der Waals surface area contributed by atoms with Gasteiger partial charge in [-0.25, -0.2) is 4.79 Å². The Morgan fingerprint density at radius 3 is 2.62 bits per heavy atom. The van der Waals surface area contributed by atoms with Crippen molar-refractivity contribution in [2.75, 3.05) is 18.1 Å². The van der Waals surface area contributed by atoms with E-state index in [0.29, 0.717) is 0 Å². The van der Waals surface area contributed by atoms with E-state index in [2.05, 4.69) is 10.6 Å². The predicted molar refractivity (Wildman–Crippen MR) is 106 cm³/mol. The highest BCUT2D eigenvalue weighted by Crippen LogP contribution is 2.29. The first-order chi connectivity index (χ1) is 14.0. The first kappa shape index (κ1) is 20.8. The molecule has 29 heavy (non-hydrogen) atoms. The van der Waals surface area contributed by atoms with E-state index in [0.717, 1.165) is 43.4 Å². The third-order valence-corrected chi connectivity index (χ3v) is 5.41. The van der Waals surface area contributed by atoms with E-state index in [1.807, 2.05) is 31.2 Å². The summed E-state index contributed by atoms with van der Waals surface area (Å²) in [6, 6.07) is 7.10. The van der Waals surface area contributed by atoms with E-state index in [1.54, 1.807) is 4.90 Å². The Balaban J connectivity index is 1.46. The number of anilines is 1. The van der Waals surface area contributed by atoms with Crippen molar-refractivity contribution in [3.8, 4) is 0 Å². The highest BCUT2D eigenvalue weighted by atomic mass is 16.5. The number of hydrogen-bond acceptors (Lipinski definition) is 5. The number of esters is 1. The van der Waals surface area contributed by atoms with Crippen LogP contribution in [-0.2, 0) is 25.5 Å². The summed E-state index contributed by atoms with van der Waals surface area (Å²) >= 11 is 0. The molecule has 1 aliphatic heterocycles. The number of ether oxygens (including phenoxy) is 1. The number of amides is 4. The largest absolute Gasteiger partial charge is 0.455 e. The van der Waals surface area contributed by atoms with E-state index >= 15 is 0 Å². The Kier molecular flexibility index (Phi) is 6.85. The van der Waals surface area contributed by atoms with Gasteiger partial charge in [-0.3, -0.25) is 19.7 Å². The molecule has 0 aromatic heterocycles. The van der Waals surface area contributed by atoms with Crippen molar-refractivity contribution in [3.05, 3.63) is 29.8 Å². The Hall–Kier alpha value is -2.90. The van der Waals surface area contributed by atoms with Crippen molar-refractivity contribution in [2.45, 2.75) is 51.5 Å². The lowest BCUT2D eigenvalue weighted by atomic mass is 10.1. The molecule has 1 aliphatic carbocycles. The lowest BCUT2D eigenvalue weighted by Crippen LogP contribution is -2.45. The van der Waals surface area contributed by atoms with Crippen molar-refractivity contribution < 1.29 is 23.9 Å². The van der Waals surface area contributed by atoms with Crippen molar-refractivity contribution in [1.29, 1.82) is 0 Å².